The van der Waals surface area contributed by atoms with Crippen LogP contribution in [-0.2, 0) is 0 Å². The topological polar surface area (TPSA) is 47.5 Å². The number of nitrogens with zero attached hydrogens (tertiary/aromatic N) is 3. The van der Waals surface area contributed by atoms with E-state index in [9.17, 15) is 0 Å². The molecule has 5 nitrogen and oxygen atoms in total. The van der Waals surface area contributed by atoms with Gasteiger partial charge in [-0.3, -0.25) is 4.90 Å². The van der Waals surface area contributed by atoms with Crippen molar-refractivity contribution in [3.05, 3.63) is 35.9 Å². The summed E-state index contributed by atoms with van der Waals surface area (Å²) in [5, 5.41) is 0. The van der Waals surface area contributed by atoms with Crippen LogP contribution in [0.3, 0.4) is 0 Å². The maximum absolute atomic E-state index is 5.24. The van der Waals surface area contributed by atoms with Gasteiger partial charge in [0.2, 0.25) is 5.88 Å². The molecular weight excluding hydrogens is 290 g/mol. The van der Waals surface area contributed by atoms with E-state index in [0.29, 0.717) is 17.9 Å². The first kappa shape index (κ1) is 15.7. The first-order chi connectivity index (χ1) is 11.2. The van der Waals surface area contributed by atoms with Gasteiger partial charge in [0.15, 0.2) is 0 Å². The Hall–Kier alpha value is -2.14. The summed E-state index contributed by atoms with van der Waals surface area (Å²) in [6, 6.07) is 11.1. The third-order valence-electron chi connectivity index (χ3n) is 4.43. The molecule has 0 amide bonds. The molecule has 0 saturated carbocycles. The number of aromatic nitrogens is 2. The third-order valence-corrected chi connectivity index (χ3v) is 4.43. The fourth-order valence-corrected chi connectivity index (χ4v) is 3.05. The highest BCUT2D eigenvalue weighted by atomic mass is 16.5. The lowest BCUT2D eigenvalue weighted by molar-refractivity contribution is 0.263. The van der Waals surface area contributed by atoms with Crippen LogP contribution in [0.4, 0.5) is 0 Å². The van der Waals surface area contributed by atoms with Crippen LogP contribution in [0.1, 0.15) is 31.4 Å². The van der Waals surface area contributed by atoms with Crippen molar-refractivity contribution in [2.24, 2.45) is 0 Å². The number of methoxy groups -OCH3 is 2. The first-order valence-corrected chi connectivity index (χ1v) is 8.02. The molecule has 0 bridgehead atoms. The second-order valence-electron chi connectivity index (χ2n) is 5.83. The van der Waals surface area contributed by atoms with E-state index in [1.165, 1.54) is 31.5 Å². The van der Waals surface area contributed by atoms with Crippen LogP contribution in [-0.4, -0.2) is 42.2 Å². The zero-order valence-electron chi connectivity index (χ0n) is 14.0. The predicted octanol–water partition coefficient (Wildman–Crippen LogP) is 3.32. The van der Waals surface area contributed by atoms with Crippen LogP contribution in [0.5, 0.6) is 11.9 Å². The number of ether oxygens (including phenoxy) is 2. The zero-order chi connectivity index (χ0) is 16.2. The average Bonchev–Trinajstić information content (AvgIpc) is 3.15. The SMILES string of the molecule is COc1cc(-c2cccc(C(C)N3CCCC3)c2)nc(OC)n1. The zero-order valence-corrected chi connectivity index (χ0v) is 14.0. The van der Waals surface area contributed by atoms with Crippen LogP contribution in [0.2, 0.25) is 0 Å². The van der Waals surface area contributed by atoms with Crippen molar-refractivity contribution >= 4 is 0 Å². The van der Waals surface area contributed by atoms with E-state index in [2.05, 4.69) is 46.1 Å². The molecule has 0 aliphatic carbocycles. The molecule has 2 aromatic rings. The molecule has 3 rings (SSSR count). The highest BCUT2D eigenvalue weighted by Crippen LogP contribution is 2.29. The highest BCUT2D eigenvalue weighted by Gasteiger charge is 2.19. The largest absolute Gasteiger partial charge is 0.481 e. The van der Waals surface area contributed by atoms with Crippen molar-refractivity contribution in [3.8, 4) is 23.1 Å². The quantitative estimate of drug-likeness (QED) is 0.847. The summed E-state index contributed by atoms with van der Waals surface area (Å²) in [4.78, 5) is 11.1. The molecule has 1 unspecified atom stereocenters. The average molecular weight is 313 g/mol. The molecule has 0 spiro atoms. The number of likely N-dealkylation sites (tertiary alicyclic amines) is 1. The summed E-state index contributed by atoms with van der Waals surface area (Å²) < 4.78 is 10.4. The Labute approximate surface area is 137 Å². The Kier molecular flexibility index (Phi) is 4.76. The Bertz CT molecular complexity index is 647. The van der Waals surface area contributed by atoms with Crippen LogP contribution >= 0.6 is 0 Å². The minimum Gasteiger partial charge on any atom is -0.481 e. The lowest BCUT2D eigenvalue weighted by Crippen LogP contribution is -2.23. The van der Waals surface area contributed by atoms with Crippen molar-refractivity contribution in [1.29, 1.82) is 0 Å². The number of hydrogen-bond acceptors (Lipinski definition) is 5. The van der Waals surface area contributed by atoms with Gasteiger partial charge in [0.25, 0.3) is 0 Å². The predicted molar refractivity (Wildman–Crippen MR) is 89.8 cm³/mol. The fraction of sp³-hybridized carbons (Fsp3) is 0.444. The van der Waals surface area contributed by atoms with E-state index in [1.54, 1.807) is 14.2 Å². The molecule has 1 aliphatic heterocycles. The minimum atomic E-state index is 0.317. The molecule has 1 aromatic carbocycles. The van der Waals surface area contributed by atoms with E-state index >= 15 is 0 Å². The van der Waals surface area contributed by atoms with E-state index in [0.717, 1.165) is 11.3 Å². The maximum atomic E-state index is 5.24. The lowest BCUT2D eigenvalue weighted by Gasteiger charge is -2.24. The van der Waals surface area contributed by atoms with Gasteiger partial charge in [0.1, 0.15) is 0 Å². The van der Waals surface area contributed by atoms with Gasteiger partial charge in [-0.05, 0) is 44.5 Å². The fourth-order valence-electron chi connectivity index (χ4n) is 3.05. The summed E-state index contributed by atoms with van der Waals surface area (Å²) in [6.45, 7) is 4.63. The molecule has 1 aliphatic rings. The molecule has 0 radical (unpaired) electrons. The van der Waals surface area contributed by atoms with Crippen molar-refractivity contribution < 1.29 is 9.47 Å². The molecule has 1 aromatic heterocycles. The second-order valence-corrected chi connectivity index (χ2v) is 5.83. The number of benzene rings is 1. The molecule has 122 valence electrons. The Morgan fingerprint density at radius 2 is 1.83 bits per heavy atom. The Morgan fingerprint density at radius 1 is 1.04 bits per heavy atom. The molecule has 1 saturated heterocycles. The maximum Gasteiger partial charge on any atom is 0.320 e. The van der Waals surface area contributed by atoms with Gasteiger partial charge in [-0.1, -0.05) is 18.2 Å². The molecule has 2 heterocycles. The highest BCUT2D eigenvalue weighted by molar-refractivity contribution is 5.61. The molecule has 0 N–H and O–H groups in total. The van der Waals surface area contributed by atoms with Gasteiger partial charge in [-0.15, -0.1) is 0 Å². The molecular formula is C18H23N3O2. The molecule has 5 heteroatoms. The summed E-state index contributed by atoms with van der Waals surface area (Å²) in [5.74, 6) is 0.504. The first-order valence-electron chi connectivity index (χ1n) is 8.02. The lowest BCUT2D eigenvalue weighted by atomic mass is 10.0. The van der Waals surface area contributed by atoms with Gasteiger partial charge in [-0.2, -0.15) is 9.97 Å². The summed E-state index contributed by atoms with van der Waals surface area (Å²) >= 11 is 0. The molecule has 1 atom stereocenters. The van der Waals surface area contributed by atoms with Crippen LogP contribution in [0, 0.1) is 0 Å². The van der Waals surface area contributed by atoms with E-state index in [4.69, 9.17) is 9.47 Å². The van der Waals surface area contributed by atoms with Crippen LogP contribution in [0.25, 0.3) is 11.3 Å². The van der Waals surface area contributed by atoms with E-state index < -0.39 is 0 Å². The smallest absolute Gasteiger partial charge is 0.320 e. The van der Waals surface area contributed by atoms with Crippen molar-refractivity contribution in [2.75, 3.05) is 27.3 Å². The monoisotopic (exact) mass is 313 g/mol. The summed E-state index contributed by atoms with van der Waals surface area (Å²) in [5.41, 5.74) is 3.16. The summed E-state index contributed by atoms with van der Waals surface area (Å²) in [6.07, 6.45) is 2.59. The van der Waals surface area contributed by atoms with Crippen molar-refractivity contribution in [2.45, 2.75) is 25.8 Å². The Morgan fingerprint density at radius 3 is 2.52 bits per heavy atom. The van der Waals surface area contributed by atoms with Gasteiger partial charge >= 0.3 is 6.01 Å². The van der Waals surface area contributed by atoms with E-state index in [1.807, 2.05) is 6.07 Å². The third kappa shape index (κ3) is 3.45. The number of rotatable bonds is 5. The molecule has 1 fully saturated rings. The van der Waals surface area contributed by atoms with Gasteiger partial charge < -0.3 is 9.47 Å². The number of hydrogen-bond donors (Lipinski definition) is 0. The normalized spacial score (nSPS) is 16.3. The second kappa shape index (κ2) is 6.96. The summed E-state index contributed by atoms with van der Waals surface area (Å²) in [7, 11) is 3.15. The van der Waals surface area contributed by atoms with Crippen LogP contribution < -0.4 is 9.47 Å². The van der Waals surface area contributed by atoms with E-state index in [-0.39, 0.29) is 0 Å². The standard InChI is InChI=1S/C18H23N3O2/c1-13(21-9-4-5-10-21)14-7-6-8-15(11-14)16-12-17(22-2)20-18(19-16)23-3/h6-8,11-13H,4-5,9-10H2,1-3H3. The van der Waals surface area contributed by atoms with Crippen molar-refractivity contribution in [1.82, 2.24) is 14.9 Å². The van der Waals surface area contributed by atoms with Crippen molar-refractivity contribution in [3.63, 3.8) is 0 Å². The van der Waals surface area contributed by atoms with Crippen LogP contribution in [0.15, 0.2) is 30.3 Å². The molecule has 23 heavy (non-hydrogen) atoms. The Balaban J connectivity index is 1.93. The van der Waals surface area contributed by atoms with Gasteiger partial charge in [0, 0.05) is 17.7 Å². The minimum absolute atomic E-state index is 0.317. The van der Waals surface area contributed by atoms with Gasteiger partial charge in [-0.25, -0.2) is 0 Å². The van der Waals surface area contributed by atoms with Gasteiger partial charge in [0.05, 0.1) is 19.9 Å².